The molecule has 2 aliphatic rings. The van der Waals surface area contributed by atoms with Crippen LogP contribution in [0.5, 0.6) is 17.2 Å². The zero-order valence-corrected chi connectivity index (χ0v) is 17.2. The summed E-state index contributed by atoms with van der Waals surface area (Å²) in [6.07, 6.45) is 3.86. The van der Waals surface area contributed by atoms with E-state index in [9.17, 15) is 13.2 Å². The second kappa shape index (κ2) is 8.93. The van der Waals surface area contributed by atoms with Gasteiger partial charge in [-0.05, 0) is 54.8 Å². The number of sulfonamides is 1. The highest BCUT2D eigenvalue weighted by Gasteiger charge is 2.22. The maximum atomic E-state index is 12.4. The van der Waals surface area contributed by atoms with Crippen molar-refractivity contribution in [1.29, 1.82) is 0 Å². The van der Waals surface area contributed by atoms with E-state index in [0.717, 1.165) is 31.2 Å². The molecule has 1 heterocycles. The summed E-state index contributed by atoms with van der Waals surface area (Å²) in [4.78, 5) is 12.2. The molecular weight excluding hydrogens is 408 g/mol. The largest absolute Gasteiger partial charge is 0.484 e. The zero-order valence-electron chi connectivity index (χ0n) is 16.4. The van der Waals surface area contributed by atoms with Gasteiger partial charge in [-0.1, -0.05) is 18.9 Å². The predicted molar refractivity (Wildman–Crippen MR) is 109 cm³/mol. The lowest BCUT2D eigenvalue weighted by Gasteiger charge is -2.13. The van der Waals surface area contributed by atoms with Crippen molar-refractivity contribution in [1.82, 2.24) is 10.0 Å². The van der Waals surface area contributed by atoms with Crippen molar-refractivity contribution in [2.24, 2.45) is 0 Å². The van der Waals surface area contributed by atoms with Crippen LogP contribution in [-0.2, 0) is 21.4 Å². The Hall–Kier alpha value is -2.78. The minimum atomic E-state index is -3.54. The van der Waals surface area contributed by atoms with Crippen molar-refractivity contribution in [3.05, 3.63) is 48.0 Å². The number of ether oxygens (including phenoxy) is 3. The molecule has 2 aromatic carbocycles. The molecular formula is C21H24N2O6S. The van der Waals surface area contributed by atoms with E-state index in [1.807, 2.05) is 12.1 Å². The van der Waals surface area contributed by atoms with Crippen molar-refractivity contribution in [3.63, 3.8) is 0 Å². The van der Waals surface area contributed by atoms with Gasteiger partial charge in [0.05, 0.1) is 4.90 Å². The van der Waals surface area contributed by atoms with Gasteiger partial charge < -0.3 is 19.5 Å². The fourth-order valence-corrected chi connectivity index (χ4v) is 4.80. The highest BCUT2D eigenvalue weighted by molar-refractivity contribution is 7.89. The molecule has 9 heteroatoms. The van der Waals surface area contributed by atoms with Crippen molar-refractivity contribution in [2.45, 2.75) is 43.2 Å². The van der Waals surface area contributed by atoms with Crippen LogP contribution in [0, 0.1) is 0 Å². The molecule has 2 N–H and O–H groups in total. The maximum absolute atomic E-state index is 12.4. The number of amides is 1. The molecule has 1 saturated carbocycles. The number of benzene rings is 2. The van der Waals surface area contributed by atoms with Crippen LogP contribution in [0.4, 0.5) is 0 Å². The molecule has 0 saturated heterocycles. The lowest BCUT2D eigenvalue weighted by molar-refractivity contribution is -0.123. The van der Waals surface area contributed by atoms with Crippen molar-refractivity contribution in [3.8, 4) is 17.2 Å². The van der Waals surface area contributed by atoms with Gasteiger partial charge in [-0.2, -0.15) is 0 Å². The van der Waals surface area contributed by atoms with Crippen LogP contribution in [0.25, 0.3) is 0 Å². The van der Waals surface area contributed by atoms with E-state index in [1.165, 1.54) is 12.1 Å². The molecule has 0 spiro atoms. The van der Waals surface area contributed by atoms with E-state index in [2.05, 4.69) is 10.0 Å². The van der Waals surface area contributed by atoms with E-state index >= 15 is 0 Å². The van der Waals surface area contributed by atoms with Gasteiger partial charge in [0.2, 0.25) is 16.8 Å². The van der Waals surface area contributed by atoms with E-state index in [-0.39, 0.29) is 30.2 Å². The molecule has 0 bridgehead atoms. The van der Waals surface area contributed by atoms with Crippen LogP contribution >= 0.6 is 0 Å². The second-order valence-corrected chi connectivity index (χ2v) is 9.04. The second-order valence-electron chi connectivity index (χ2n) is 7.33. The standard InChI is InChI=1S/C21H24N2O6S/c24-21(22-12-15-5-10-19-20(11-15)29-14-28-19)13-27-17-6-8-18(9-7-17)30(25,26)23-16-3-1-2-4-16/h5-11,16,23H,1-4,12-14H2,(H,22,24). The molecule has 30 heavy (non-hydrogen) atoms. The predicted octanol–water partition coefficient (Wildman–Crippen LogP) is 2.33. The fourth-order valence-electron chi connectivity index (χ4n) is 3.50. The maximum Gasteiger partial charge on any atom is 0.258 e. The molecule has 160 valence electrons. The Bertz CT molecular complexity index is 1000. The highest BCUT2D eigenvalue weighted by atomic mass is 32.2. The summed E-state index contributed by atoms with van der Waals surface area (Å²) in [5, 5.41) is 2.77. The first-order valence-corrected chi connectivity index (χ1v) is 11.4. The van der Waals surface area contributed by atoms with Gasteiger partial charge in [-0.3, -0.25) is 4.79 Å². The van der Waals surface area contributed by atoms with Gasteiger partial charge in [0, 0.05) is 12.6 Å². The SMILES string of the molecule is O=C(COc1ccc(S(=O)(=O)NC2CCCC2)cc1)NCc1ccc2c(c1)OCO2. The summed E-state index contributed by atoms with van der Waals surface area (Å²) in [5.41, 5.74) is 0.886. The monoisotopic (exact) mass is 432 g/mol. The number of hydrogen-bond donors (Lipinski definition) is 2. The quantitative estimate of drug-likeness (QED) is 0.664. The lowest BCUT2D eigenvalue weighted by atomic mass is 10.2. The van der Waals surface area contributed by atoms with E-state index in [1.54, 1.807) is 18.2 Å². The first kappa shape index (κ1) is 20.5. The molecule has 8 nitrogen and oxygen atoms in total. The summed E-state index contributed by atoms with van der Waals surface area (Å²) < 4.78 is 43.6. The number of carbonyl (C=O) groups excluding carboxylic acids is 1. The average Bonchev–Trinajstić information content (AvgIpc) is 3.42. The van der Waals surface area contributed by atoms with Crippen molar-refractivity contribution < 1.29 is 27.4 Å². The van der Waals surface area contributed by atoms with Crippen LogP contribution in [0.15, 0.2) is 47.4 Å². The summed E-state index contributed by atoms with van der Waals surface area (Å²) in [6, 6.07) is 11.6. The molecule has 1 amide bonds. The van der Waals surface area contributed by atoms with E-state index in [4.69, 9.17) is 14.2 Å². The Morgan fingerprint density at radius 2 is 1.77 bits per heavy atom. The third kappa shape index (κ3) is 5.03. The first-order chi connectivity index (χ1) is 14.5. The third-order valence-electron chi connectivity index (χ3n) is 5.11. The third-order valence-corrected chi connectivity index (χ3v) is 6.64. The van der Waals surface area contributed by atoms with Gasteiger partial charge in [-0.15, -0.1) is 0 Å². The molecule has 4 rings (SSSR count). The van der Waals surface area contributed by atoms with Crippen LogP contribution in [-0.4, -0.2) is 33.8 Å². The summed E-state index contributed by atoms with van der Waals surface area (Å²) >= 11 is 0. The Balaban J connectivity index is 1.25. The van der Waals surface area contributed by atoms with Gasteiger partial charge >= 0.3 is 0 Å². The molecule has 1 aliphatic carbocycles. The number of hydrogen-bond acceptors (Lipinski definition) is 6. The highest BCUT2D eigenvalue weighted by Crippen LogP contribution is 2.32. The number of nitrogens with one attached hydrogen (secondary N) is 2. The van der Waals surface area contributed by atoms with Crippen molar-refractivity contribution >= 4 is 15.9 Å². The van der Waals surface area contributed by atoms with Gasteiger partial charge in [0.1, 0.15) is 5.75 Å². The topological polar surface area (TPSA) is 103 Å². The molecule has 1 fully saturated rings. The molecule has 0 aromatic heterocycles. The van der Waals surface area contributed by atoms with Crippen LogP contribution in [0.2, 0.25) is 0 Å². The van der Waals surface area contributed by atoms with Crippen LogP contribution < -0.4 is 24.2 Å². The van der Waals surface area contributed by atoms with Crippen LogP contribution in [0.1, 0.15) is 31.2 Å². The zero-order chi connectivity index (χ0) is 21.0. The normalized spacial score (nSPS) is 15.9. The lowest BCUT2D eigenvalue weighted by Crippen LogP contribution is -2.32. The van der Waals surface area contributed by atoms with E-state index in [0.29, 0.717) is 23.8 Å². The Kier molecular flexibility index (Phi) is 6.10. The Morgan fingerprint density at radius 1 is 1.03 bits per heavy atom. The first-order valence-electron chi connectivity index (χ1n) is 9.90. The average molecular weight is 432 g/mol. The smallest absolute Gasteiger partial charge is 0.258 e. The van der Waals surface area contributed by atoms with Gasteiger partial charge in [0.25, 0.3) is 5.91 Å². The Labute approximate surface area is 175 Å². The van der Waals surface area contributed by atoms with E-state index < -0.39 is 10.0 Å². The summed E-state index contributed by atoms with van der Waals surface area (Å²) in [7, 11) is -3.54. The minimum absolute atomic E-state index is 0.0133. The van der Waals surface area contributed by atoms with Gasteiger partial charge in [-0.25, -0.2) is 13.1 Å². The number of rotatable bonds is 8. The van der Waals surface area contributed by atoms with Crippen molar-refractivity contribution in [2.75, 3.05) is 13.4 Å². The summed E-state index contributed by atoms with van der Waals surface area (Å²) in [5.74, 6) is 1.49. The van der Waals surface area contributed by atoms with Crippen LogP contribution in [0.3, 0.4) is 0 Å². The Morgan fingerprint density at radius 3 is 2.53 bits per heavy atom. The number of fused-ring (bicyclic) bond motifs is 1. The van der Waals surface area contributed by atoms with Gasteiger partial charge in [0.15, 0.2) is 18.1 Å². The number of carbonyl (C=O) groups is 1. The molecule has 0 atom stereocenters. The molecule has 0 radical (unpaired) electrons. The molecule has 0 unspecified atom stereocenters. The minimum Gasteiger partial charge on any atom is -0.484 e. The molecule has 1 aliphatic heterocycles. The molecule has 2 aromatic rings. The fraction of sp³-hybridized carbons (Fsp3) is 0.381. The summed E-state index contributed by atoms with van der Waals surface area (Å²) in [6.45, 7) is 0.371.